The summed E-state index contributed by atoms with van der Waals surface area (Å²) >= 11 is 1.88. The molecule has 0 amide bonds. The van der Waals surface area contributed by atoms with Crippen molar-refractivity contribution >= 4 is 11.3 Å². The first-order chi connectivity index (χ1) is 8.65. The van der Waals surface area contributed by atoms with Crippen molar-refractivity contribution in [2.24, 2.45) is 0 Å². The van der Waals surface area contributed by atoms with Crippen LogP contribution in [-0.2, 0) is 6.42 Å². The van der Waals surface area contributed by atoms with Crippen LogP contribution in [0, 0.1) is 6.92 Å². The van der Waals surface area contributed by atoms with Gasteiger partial charge in [0.05, 0.1) is 0 Å². The van der Waals surface area contributed by atoms with Crippen LogP contribution in [0.4, 0.5) is 0 Å². The first-order valence-electron chi connectivity index (χ1n) is 6.44. The van der Waals surface area contributed by atoms with Crippen molar-refractivity contribution in [3.8, 4) is 11.1 Å². The van der Waals surface area contributed by atoms with Crippen molar-refractivity contribution in [1.82, 2.24) is 4.90 Å². The summed E-state index contributed by atoms with van der Waals surface area (Å²) in [5, 5.41) is 2.27. The predicted molar refractivity (Wildman–Crippen MR) is 81.4 cm³/mol. The topological polar surface area (TPSA) is 3.24 Å². The van der Waals surface area contributed by atoms with Crippen LogP contribution in [0.15, 0.2) is 35.7 Å². The Balaban J connectivity index is 1.99. The maximum Gasteiger partial charge on any atom is 0.00521 e. The van der Waals surface area contributed by atoms with Crippen LogP contribution >= 0.6 is 11.3 Å². The van der Waals surface area contributed by atoms with Crippen molar-refractivity contribution < 1.29 is 0 Å². The quantitative estimate of drug-likeness (QED) is 0.777. The van der Waals surface area contributed by atoms with Crippen LogP contribution in [0.5, 0.6) is 0 Å². The van der Waals surface area contributed by atoms with Gasteiger partial charge in [-0.2, -0.15) is 0 Å². The van der Waals surface area contributed by atoms with Crippen LogP contribution in [0.2, 0.25) is 0 Å². The van der Waals surface area contributed by atoms with Crippen LogP contribution in [0.1, 0.15) is 16.9 Å². The Morgan fingerprint density at radius 2 is 1.78 bits per heavy atom. The lowest BCUT2D eigenvalue weighted by molar-refractivity contribution is 0.401. The van der Waals surface area contributed by atoms with Crippen molar-refractivity contribution in [2.45, 2.75) is 19.8 Å². The minimum atomic E-state index is 1.16. The summed E-state index contributed by atoms with van der Waals surface area (Å²) in [6.45, 7) is 3.29. The summed E-state index contributed by atoms with van der Waals surface area (Å²) in [7, 11) is 4.26. The van der Waals surface area contributed by atoms with Gasteiger partial charge in [-0.15, -0.1) is 11.3 Å². The van der Waals surface area contributed by atoms with Gasteiger partial charge in [-0.1, -0.05) is 29.8 Å². The molecule has 0 unspecified atom stereocenters. The second-order valence-electron chi connectivity index (χ2n) is 5.07. The van der Waals surface area contributed by atoms with Gasteiger partial charge in [-0.05, 0) is 63.0 Å². The molecule has 18 heavy (non-hydrogen) atoms. The summed E-state index contributed by atoms with van der Waals surface area (Å²) in [4.78, 5) is 3.74. The first kappa shape index (κ1) is 13.3. The van der Waals surface area contributed by atoms with E-state index in [1.54, 1.807) is 0 Å². The molecule has 2 heteroatoms. The molecule has 0 aliphatic heterocycles. The maximum absolute atomic E-state index is 2.34. The average Bonchev–Trinajstić information content (AvgIpc) is 2.78. The van der Waals surface area contributed by atoms with Gasteiger partial charge in [-0.25, -0.2) is 0 Å². The van der Waals surface area contributed by atoms with E-state index in [1.807, 2.05) is 11.3 Å². The highest BCUT2D eigenvalue weighted by Crippen LogP contribution is 2.26. The molecule has 0 saturated carbocycles. The summed E-state index contributed by atoms with van der Waals surface area (Å²) in [6.07, 6.45) is 2.43. The molecule has 2 aromatic rings. The number of rotatable bonds is 5. The molecule has 1 heterocycles. The number of thiophene rings is 1. The van der Waals surface area contributed by atoms with Crippen molar-refractivity contribution in [3.63, 3.8) is 0 Å². The van der Waals surface area contributed by atoms with Gasteiger partial charge in [0.1, 0.15) is 0 Å². The van der Waals surface area contributed by atoms with Gasteiger partial charge in [0, 0.05) is 4.88 Å². The van der Waals surface area contributed by atoms with Gasteiger partial charge in [-0.3, -0.25) is 0 Å². The number of benzene rings is 1. The normalized spacial score (nSPS) is 11.1. The van der Waals surface area contributed by atoms with E-state index < -0.39 is 0 Å². The van der Waals surface area contributed by atoms with Crippen LogP contribution in [-0.4, -0.2) is 25.5 Å². The second kappa shape index (κ2) is 6.17. The minimum absolute atomic E-state index is 1.16. The third-order valence-electron chi connectivity index (χ3n) is 3.07. The molecule has 0 spiro atoms. The Kier molecular flexibility index (Phi) is 4.56. The zero-order chi connectivity index (χ0) is 13.0. The summed E-state index contributed by atoms with van der Waals surface area (Å²) in [6, 6.07) is 11.1. The van der Waals surface area contributed by atoms with E-state index >= 15 is 0 Å². The van der Waals surface area contributed by atoms with Crippen LogP contribution in [0.25, 0.3) is 11.1 Å². The predicted octanol–water partition coefficient (Wildman–Crippen LogP) is 4.22. The van der Waals surface area contributed by atoms with Crippen LogP contribution in [0.3, 0.4) is 0 Å². The largest absolute Gasteiger partial charge is 0.309 e. The van der Waals surface area contributed by atoms with E-state index in [4.69, 9.17) is 0 Å². The van der Waals surface area contributed by atoms with Gasteiger partial charge >= 0.3 is 0 Å². The molecule has 0 N–H and O–H groups in total. The summed E-state index contributed by atoms with van der Waals surface area (Å²) in [5.74, 6) is 0. The Morgan fingerprint density at radius 1 is 1.06 bits per heavy atom. The fourth-order valence-electron chi connectivity index (χ4n) is 1.98. The third-order valence-corrected chi connectivity index (χ3v) is 4.06. The van der Waals surface area contributed by atoms with Gasteiger partial charge in [0.25, 0.3) is 0 Å². The fourth-order valence-corrected chi connectivity index (χ4v) is 2.92. The lowest BCUT2D eigenvalue weighted by Gasteiger charge is -2.07. The SMILES string of the molecule is Cc1ccc(-c2csc(CCCN(C)C)c2)cc1. The van der Waals surface area contributed by atoms with Gasteiger partial charge < -0.3 is 4.90 Å². The Morgan fingerprint density at radius 3 is 2.44 bits per heavy atom. The molecule has 0 aliphatic rings. The molecule has 0 saturated heterocycles. The molecule has 96 valence electrons. The third kappa shape index (κ3) is 3.69. The summed E-state index contributed by atoms with van der Waals surface area (Å²) < 4.78 is 0. The average molecular weight is 259 g/mol. The lowest BCUT2D eigenvalue weighted by Crippen LogP contribution is -2.13. The highest BCUT2D eigenvalue weighted by molar-refractivity contribution is 7.10. The number of aryl methyl sites for hydroxylation is 2. The van der Waals surface area contributed by atoms with Crippen molar-refractivity contribution in [3.05, 3.63) is 46.2 Å². The Labute approximate surface area is 114 Å². The Hall–Kier alpha value is -1.12. The standard InChI is InChI=1S/C16H21NS/c1-13-6-8-14(9-7-13)15-11-16(18-12-15)5-4-10-17(2)3/h6-9,11-12H,4-5,10H2,1-3H3. The van der Waals surface area contributed by atoms with Gasteiger partial charge in [0.2, 0.25) is 0 Å². The summed E-state index contributed by atoms with van der Waals surface area (Å²) in [5.41, 5.74) is 4.01. The molecule has 1 aromatic heterocycles. The molecule has 0 fully saturated rings. The molecule has 0 bridgehead atoms. The molecule has 0 radical (unpaired) electrons. The molecule has 1 nitrogen and oxygen atoms in total. The highest BCUT2D eigenvalue weighted by atomic mass is 32.1. The van der Waals surface area contributed by atoms with E-state index in [0.29, 0.717) is 0 Å². The monoisotopic (exact) mass is 259 g/mol. The Bertz CT molecular complexity index is 482. The molecule has 0 atom stereocenters. The van der Waals surface area contributed by atoms with Crippen LogP contribution < -0.4 is 0 Å². The van der Waals surface area contributed by atoms with Gasteiger partial charge in [0.15, 0.2) is 0 Å². The number of nitrogens with zero attached hydrogens (tertiary/aromatic N) is 1. The zero-order valence-corrected chi connectivity index (χ0v) is 12.3. The van der Waals surface area contributed by atoms with E-state index in [-0.39, 0.29) is 0 Å². The van der Waals surface area contributed by atoms with E-state index in [2.05, 4.69) is 61.6 Å². The van der Waals surface area contributed by atoms with E-state index in [9.17, 15) is 0 Å². The molecular formula is C16H21NS. The van der Waals surface area contributed by atoms with Crippen molar-refractivity contribution in [2.75, 3.05) is 20.6 Å². The molecular weight excluding hydrogens is 238 g/mol. The zero-order valence-electron chi connectivity index (χ0n) is 11.4. The van der Waals surface area contributed by atoms with E-state index in [0.717, 1.165) is 6.54 Å². The first-order valence-corrected chi connectivity index (χ1v) is 7.32. The van der Waals surface area contributed by atoms with E-state index in [1.165, 1.54) is 34.4 Å². The lowest BCUT2D eigenvalue weighted by atomic mass is 10.1. The molecule has 0 aliphatic carbocycles. The fraction of sp³-hybridized carbons (Fsp3) is 0.375. The molecule has 2 rings (SSSR count). The minimum Gasteiger partial charge on any atom is -0.309 e. The maximum atomic E-state index is 2.34. The van der Waals surface area contributed by atoms with Crippen molar-refractivity contribution in [1.29, 1.82) is 0 Å². The number of hydrogen-bond acceptors (Lipinski definition) is 2. The highest BCUT2D eigenvalue weighted by Gasteiger charge is 2.02. The second-order valence-corrected chi connectivity index (χ2v) is 6.07. The smallest absolute Gasteiger partial charge is 0.00521 e. The molecule has 1 aromatic carbocycles. The number of hydrogen-bond donors (Lipinski definition) is 0.